The lowest BCUT2D eigenvalue weighted by Gasteiger charge is -2.26. The average molecular weight is 211 g/mol. The van der Waals surface area contributed by atoms with Crippen molar-refractivity contribution in [1.82, 2.24) is 5.48 Å². The highest BCUT2D eigenvalue weighted by molar-refractivity contribution is 5.42. The lowest BCUT2D eigenvalue weighted by atomic mass is 9.99. The van der Waals surface area contributed by atoms with Crippen molar-refractivity contribution >= 4 is 0 Å². The van der Waals surface area contributed by atoms with Gasteiger partial charge in [-0.15, -0.1) is 0 Å². The Balaban J connectivity index is 2.40. The van der Waals surface area contributed by atoms with Crippen LogP contribution in [0.2, 0.25) is 0 Å². The Morgan fingerprint density at radius 1 is 1.53 bits per heavy atom. The van der Waals surface area contributed by atoms with Crippen LogP contribution >= 0.6 is 0 Å². The van der Waals surface area contributed by atoms with Gasteiger partial charge in [-0.05, 0) is 12.5 Å². The number of fused-ring (bicyclic) bond motifs is 1. The van der Waals surface area contributed by atoms with E-state index in [1.165, 1.54) is 0 Å². The van der Waals surface area contributed by atoms with Gasteiger partial charge in [-0.3, -0.25) is 0 Å². The minimum Gasteiger partial charge on any atom is -0.490 e. The van der Waals surface area contributed by atoms with E-state index in [0.29, 0.717) is 17.9 Å². The van der Waals surface area contributed by atoms with Crippen molar-refractivity contribution in [2.45, 2.75) is 19.4 Å². The van der Waals surface area contributed by atoms with Crippen molar-refractivity contribution in [3.05, 3.63) is 29.1 Å². The fourth-order valence-corrected chi connectivity index (χ4v) is 1.79. The highest BCUT2D eigenvalue weighted by Crippen LogP contribution is 2.35. The second-order valence-electron chi connectivity index (χ2n) is 3.63. The first-order valence-corrected chi connectivity index (χ1v) is 4.94. The first-order valence-electron chi connectivity index (χ1n) is 4.94. The maximum Gasteiger partial charge on any atom is 0.168 e. The summed E-state index contributed by atoms with van der Waals surface area (Å²) >= 11 is 0. The molecular formula is C11H14FNO2. The van der Waals surface area contributed by atoms with Gasteiger partial charge in [0.2, 0.25) is 0 Å². The second-order valence-corrected chi connectivity index (χ2v) is 3.63. The van der Waals surface area contributed by atoms with Crippen molar-refractivity contribution in [2.75, 3.05) is 13.7 Å². The molecule has 2 rings (SSSR count). The van der Waals surface area contributed by atoms with Crippen molar-refractivity contribution in [1.29, 1.82) is 0 Å². The van der Waals surface area contributed by atoms with E-state index in [-0.39, 0.29) is 11.9 Å². The zero-order chi connectivity index (χ0) is 10.8. The van der Waals surface area contributed by atoms with Crippen molar-refractivity contribution in [2.24, 2.45) is 0 Å². The van der Waals surface area contributed by atoms with E-state index >= 15 is 0 Å². The number of nitrogens with one attached hydrogen (secondary N) is 1. The number of ether oxygens (including phenoxy) is 1. The van der Waals surface area contributed by atoms with Gasteiger partial charge in [-0.1, -0.05) is 12.1 Å². The summed E-state index contributed by atoms with van der Waals surface area (Å²) < 4.78 is 19.0. The van der Waals surface area contributed by atoms with Gasteiger partial charge < -0.3 is 9.57 Å². The molecule has 0 saturated heterocycles. The molecule has 1 N–H and O–H groups in total. The Morgan fingerprint density at radius 3 is 3.07 bits per heavy atom. The first-order chi connectivity index (χ1) is 7.24. The summed E-state index contributed by atoms with van der Waals surface area (Å²) in [6.45, 7) is 2.24. The molecule has 1 aliphatic rings. The standard InChI is InChI=1S/C11H14FNO2/c1-7-3-4-8-9(13-14-2)5-6-15-11(8)10(7)12/h3-4,9,13H,5-6H2,1-2H3. The molecule has 0 spiro atoms. The summed E-state index contributed by atoms with van der Waals surface area (Å²) in [7, 11) is 1.56. The third-order valence-corrected chi connectivity index (χ3v) is 2.61. The van der Waals surface area contributed by atoms with E-state index in [0.717, 1.165) is 12.0 Å². The van der Waals surface area contributed by atoms with Gasteiger partial charge in [0.05, 0.1) is 19.8 Å². The van der Waals surface area contributed by atoms with Crippen LogP contribution in [0.4, 0.5) is 4.39 Å². The number of halogens is 1. The van der Waals surface area contributed by atoms with E-state index in [1.54, 1.807) is 20.1 Å². The van der Waals surface area contributed by atoms with Crippen LogP contribution in [0, 0.1) is 12.7 Å². The fourth-order valence-electron chi connectivity index (χ4n) is 1.79. The molecule has 1 aliphatic heterocycles. The largest absolute Gasteiger partial charge is 0.490 e. The van der Waals surface area contributed by atoms with E-state index < -0.39 is 0 Å². The third-order valence-electron chi connectivity index (χ3n) is 2.61. The Labute approximate surface area is 88.1 Å². The number of hydrogen-bond acceptors (Lipinski definition) is 3. The lowest BCUT2D eigenvalue weighted by Crippen LogP contribution is -2.26. The molecule has 1 aromatic carbocycles. The smallest absolute Gasteiger partial charge is 0.168 e. The van der Waals surface area contributed by atoms with Crippen LogP contribution in [0.5, 0.6) is 5.75 Å². The Bertz CT molecular complexity index is 368. The molecule has 1 atom stereocenters. The minimum atomic E-state index is -0.268. The number of rotatable bonds is 2. The number of aryl methyl sites for hydroxylation is 1. The molecule has 0 saturated carbocycles. The van der Waals surface area contributed by atoms with Crippen molar-refractivity contribution in [3.8, 4) is 5.75 Å². The summed E-state index contributed by atoms with van der Waals surface area (Å²) in [5.41, 5.74) is 4.27. The Hall–Kier alpha value is -1.13. The molecule has 1 aromatic rings. The Kier molecular flexibility index (Phi) is 2.88. The van der Waals surface area contributed by atoms with Gasteiger partial charge in [-0.25, -0.2) is 4.39 Å². The lowest BCUT2D eigenvalue weighted by molar-refractivity contribution is 0.0455. The van der Waals surface area contributed by atoms with Crippen LogP contribution in [0.3, 0.4) is 0 Å². The first kappa shape index (κ1) is 10.4. The molecule has 0 bridgehead atoms. The monoisotopic (exact) mass is 211 g/mol. The van der Waals surface area contributed by atoms with E-state index in [9.17, 15) is 4.39 Å². The zero-order valence-electron chi connectivity index (χ0n) is 8.84. The highest BCUT2D eigenvalue weighted by Gasteiger charge is 2.24. The van der Waals surface area contributed by atoms with Crippen LogP contribution in [-0.4, -0.2) is 13.7 Å². The van der Waals surface area contributed by atoms with Crippen molar-refractivity contribution < 1.29 is 14.0 Å². The minimum absolute atomic E-state index is 0.00819. The average Bonchev–Trinajstić information content (AvgIpc) is 2.25. The molecule has 0 fully saturated rings. The normalized spacial score (nSPS) is 19.5. The molecule has 82 valence electrons. The summed E-state index contributed by atoms with van der Waals surface area (Å²) in [4.78, 5) is 4.88. The maximum atomic E-state index is 13.7. The van der Waals surface area contributed by atoms with Gasteiger partial charge in [-0.2, -0.15) is 5.48 Å². The zero-order valence-corrected chi connectivity index (χ0v) is 8.84. The van der Waals surface area contributed by atoms with Gasteiger partial charge in [0, 0.05) is 12.0 Å². The summed E-state index contributed by atoms with van der Waals surface area (Å²) in [6, 6.07) is 3.64. The Morgan fingerprint density at radius 2 is 2.33 bits per heavy atom. The van der Waals surface area contributed by atoms with Crippen LogP contribution in [0.1, 0.15) is 23.6 Å². The number of hydrogen-bond donors (Lipinski definition) is 1. The molecule has 1 heterocycles. The maximum absolute atomic E-state index is 13.7. The molecule has 3 nitrogen and oxygen atoms in total. The van der Waals surface area contributed by atoms with Crippen LogP contribution in [0.25, 0.3) is 0 Å². The molecular weight excluding hydrogens is 197 g/mol. The topological polar surface area (TPSA) is 30.5 Å². The predicted molar refractivity (Wildman–Crippen MR) is 54.1 cm³/mol. The number of hydroxylamine groups is 1. The number of benzene rings is 1. The van der Waals surface area contributed by atoms with Crippen LogP contribution < -0.4 is 10.2 Å². The molecule has 1 unspecified atom stereocenters. The van der Waals surface area contributed by atoms with Gasteiger partial charge >= 0.3 is 0 Å². The van der Waals surface area contributed by atoms with Crippen LogP contribution in [-0.2, 0) is 4.84 Å². The molecule has 0 radical (unpaired) electrons. The van der Waals surface area contributed by atoms with Crippen molar-refractivity contribution in [3.63, 3.8) is 0 Å². The summed E-state index contributed by atoms with van der Waals surface area (Å²) in [6.07, 6.45) is 0.781. The van der Waals surface area contributed by atoms with Gasteiger partial charge in [0.25, 0.3) is 0 Å². The van der Waals surface area contributed by atoms with E-state index in [4.69, 9.17) is 9.57 Å². The summed E-state index contributed by atoms with van der Waals surface area (Å²) in [5, 5.41) is 0. The third kappa shape index (κ3) is 1.82. The molecule has 0 aliphatic carbocycles. The molecule has 15 heavy (non-hydrogen) atoms. The summed E-state index contributed by atoms with van der Waals surface area (Å²) in [5.74, 6) is 0.0888. The van der Waals surface area contributed by atoms with Crippen LogP contribution in [0.15, 0.2) is 12.1 Å². The van der Waals surface area contributed by atoms with E-state index in [1.807, 2.05) is 6.07 Å². The van der Waals surface area contributed by atoms with Gasteiger partial charge in [0.1, 0.15) is 0 Å². The van der Waals surface area contributed by atoms with E-state index in [2.05, 4.69) is 5.48 Å². The molecule has 4 heteroatoms. The second kappa shape index (κ2) is 4.16. The van der Waals surface area contributed by atoms with Gasteiger partial charge in [0.15, 0.2) is 11.6 Å². The molecule has 0 aromatic heterocycles. The fraction of sp³-hybridized carbons (Fsp3) is 0.455. The molecule has 0 amide bonds. The SMILES string of the molecule is CONC1CCOc2c1ccc(C)c2F. The predicted octanol–water partition coefficient (Wildman–Crippen LogP) is 2.11. The highest BCUT2D eigenvalue weighted by atomic mass is 19.1. The quantitative estimate of drug-likeness (QED) is 0.760.